The molecule has 0 bridgehead atoms. The number of nitrogens with zero attached hydrogens (tertiary/aromatic N) is 5. The number of imidazole rings is 1. The third kappa shape index (κ3) is 6.61. The SMILES string of the molecule is [Pt]=[c]1n(-c2[c-]c(Oc3cccc(N4B5c6ccccc6-c6ccccc6N5c5ccc[c-]c54)n3)ccc2)c2ccccc2n1-c1c(-c2ccccc2)cccc1-c1ccc(-c2ccccc2)cc1. The Labute approximate surface area is 405 Å². The Bertz CT molecular complexity index is 3780. The Kier molecular flexibility index (Phi) is 9.76. The zero-order valence-corrected chi connectivity index (χ0v) is 38.7. The van der Waals surface area contributed by atoms with Gasteiger partial charge >= 0.3 is 325 Å². The van der Waals surface area contributed by atoms with E-state index in [0.717, 1.165) is 71.3 Å². The number of hydrogen-bond donors (Lipinski definition) is 0. The summed E-state index contributed by atoms with van der Waals surface area (Å²) >= 11 is 2.48. The van der Waals surface area contributed by atoms with Crippen molar-refractivity contribution in [3.8, 4) is 67.5 Å². The molecule has 0 unspecified atom stereocenters. The summed E-state index contributed by atoms with van der Waals surface area (Å²) in [5.74, 6) is 1.79. The first-order valence-corrected chi connectivity index (χ1v) is 23.8. The van der Waals surface area contributed by atoms with E-state index in [1.807, 2.05) is 30.3 Å². The van der Waals surface area contributed by atoms with Crippen LogP contribution in [0.3, 0.4) is 0 Å². The van der Waals surface area contributed by atoms with Gasteiger partial charge in [0.05, 0.1) is 0 Å². The fraction of sp³-hybridized carbons (Fsp3) is 0. The van der Waals surface area contributed by atoms with Crippen molar-refractivity contribution in [3.05, 3.63) is 246 Å². The van der Waals surface area contributed by atoms with Crippen LogP contribution in [-0.2, 0) is 19.4 Å². The number of benzene rings is 9. The van der Waals surface area contributed by atoms with Gasteiger partial charge < -0.3 is 0 Å². The number of ether oxygens (including phenoxy) is 1. The molecule has 0 aliphatic carbocycles. The predicted octanol–water partition coefficient (Wildman–Crippen LogP) is 14.0. The Morgan fingerprint density at radius 2 is 1.04 bits per heavy atom. The molecule has 0 saturated carbocycles. The first-order valence-electron chi connectivity index (χ1n) is 22.7. The average Bonchev–Trinajstić information content (AvgIpc) is 3.91. The quantitative estimate of drug-likeness (QED) is 0.112. The molecule has 2 aliphatic heterocycles. The number of rotatable bonds is 8. The molecule has 0 amide bonds. The zero-order valence-electron chi connectivity index (χ0n) is 36.5. The normalized spacial score (nSPS) is 12.4. The summed E-state index contributed by atoms with van der Waals surface area (Å²) in [6, 6.07) is 88.1. The molecule has 0 fully saturated rings. The Morgan fingerprint density at radius 3 is 1.84 bits per heavy atom. The molecule has 13 rings (SSSR count). The molecule has 9 aromatic carbocycles. The Morgan fingerprint density at radius 1 is 0.456 bits per heavy atom. The summed E-state index contributed by atoms with van der Waals surface area (Å²) in [4.78, 5) is 9.90. The van der Waals surface area contributed by atoms with Crippen molar-refractivity contribution >= 4 is 46.4 Å². The molecule has 2 aromatic heterocycles. The van der Waals surface area contributed by atoms with Gasteiger partial charge in [-0.2, -0.15) is 12.1 Å². The zero-order chi connectivity index (χ0) is 45.1. The van der Waals surface area contributed by atoms with Gasteiger partial charge in [-0.15, -0.1) is 6.07 Å². The maximum atomic E-state index is 6.69. The molecule has 0 N–H and O–H groups in total. The van der Waals surface area contributed by atoms with E-state index in [-0.39, 0.29) is 6.98 Å². The first-order chi connectivity index (χ1) is 33.7. The van der Waals surface area contributed by atoms with Gasteiger partial charge in [-0.3, -0.25) is 0 Å². The summed E-state index contributed by atoms with van der Waals surface area (Å²) in [5.41, 5.74) is 17.8. The van der Waals surface area contributed by atoms with Crippen molar-refractivity contribution in [3.63, 3.8) is 0 Å². The third-order valence-corrected chi connectivity index (χ3v) is 14.0. The monoisotopic (exact) mass is 1050 g/mol. The number of anilines is 4. The number of pyridine rings is 1. The third-order valence-electron chi connectivity index (χ3n) is 13.0. The van der Waals surface area contributed by atoms with Crippen molar-refractivity contribution in [2.45, 2.75) is 0 Å². The van der Waals surface area contributed by atoms with E-state index in [2.05, 4.69) is 250 Å². The van der Waals surface area contributed by atoms with Crippen LogP contribution in [0, 0.1) is 15.9 Å². The van der Waals surface area contributed by atoms with E-state index in [0.29, 0.717) is 11.6 Å². The summed E-state index contributed by atoms with van der Waals surface area (Å²) in [7, 11) is 0. The minimum absolute atomic E-state index is 0.163. The van der Waals surface area contributed by atoms with Gasteiger partial charge in [-0.1, -0.05) is 42.5 Å². The molecular formula is C60H38BN5OPt-2. The summed E-state index contributed by atoms with van der Waals surface area (Å²) < 4.78 is 12.3. The molecular weight excluding hydrogens is 1010 g/mol. The van der Waals surface area contributed by atoms with Gasteiger partial charge in [0.25, 0.3) is 0 Å². The number of hydrogen-bond acceptors (Lipinski definition) is 4. The van der Waals surface area contributed by atoms with E-state index in [1.165, 1.54) is 27.7 Å². The second-order valence-electron chi connectivity index (χ2n) is 16.9. The molecule has 2 aliphatic rings. The topological polar surface area (TPSA) is 38.5 Å². The van der Waals surface area contributed by atoms with Gasteiger partial charge in [0.2, 0.25) is 0 Å². The van der Waals surface area contributed by atoms with Gasteiger partial charge in [-0.25, -0.2) is 0 Å². The minimum atomic E-state index is -0.163. The molecule has 6 nitrogen and oxygen atoms in total. The molecule has 0 atom stereocenters. The van der Waals surface area contributed by atoms with Gasteiger partial charge in [-0.05, 0) is 11.6 Å². The van der Waals surface area contributed by atoms with Gasteiger partial charge in [0.15, 0.2) is 0 Å². The maximum absolute atomic E-state index is 6.69. The molecule has 68 heavy (non-hydrogen) atoms. The molecule has 0 spiro atoms. The van der Waals surface area contributed by atoms with Crippen LogP contribution in [0.25, 0.3) is 66.9 Å². The molecule has 11 aromatic rings. The fourth-order valence-electron chi connectivity index (χ4n) is 10.1. The first kappa shape index (κ1) is 40.1. The Balaban J connectivity index is 0.899. The molecule has 0 radical (unpaired) electrons. The summed E-state index contributed by atoms with van der Waals surface area (Å²) in [6.07, 6.45) is 0. The van der Waals surface area contributed by atoms with Gasteiger partial charge in [0, 0.05) is 11.3 Å². The number of fused-ring (bicyclic) bond motifs is 9. The van der Waals surface area contributed by atoms with Crippen LogP contribution in [-0.4, -0.2) is 21.1 Å². The predicted molar refractivity (Wildman–Crippen MR) is 272 cm³/mol. The van der Waals surface area contributed by atoms with E-state index in [9.17, 15) is 0 Å². The van der Waals surface area contributed by atoms with E-state index in [4.69, 9.17) is 9.72 Å². The van der Waals surface area contributed by atoms with Crippen molar-refractivity contribution in [2.75, 3.05) is 9.62 Å². The van der Waals surface area contributed by atoms with Crippen LogP contribution in [0.2, 0.25) is 0 Å². The standard InChI is InChI=1S/C60H38BN5O.Pt/c1-3-18-42(19-4-1)43-36-38-45(39-37-43)49-27-16-26-48(44-20-5-2-6-21-44)60(49)64-41-63(54-30-11-12-31-55(54)64)46-22-15-23-47(40-46)67-59-35-17-34-58(62-59)66-57-33-14-13-32-56(57)65-53-29-10-8-25-51(53)50-24-7-9-28-52(50)61(65)66;/h1-32,34-39H;/q-2;. The van der Waals surface area contributed by atoms with Crippen LogP contribution in [0.5, 0.6) is 11.6 Å². The van der Waals surface area contributed by atoms with Crippen LogP contribution in [0.4, 0.5) is 22.9 Å². The Hall–Kier alpha value is -8.25. The van der Waals surface area contributed by atoms with E-state index < -0.39 is 0 Å². The number of aromatic nitrogens is 3. The summed E-state index contributed by atoms with van der Waals surface area (Å²) in [6.45, 7) is -0.163. The second kappa shape index (κ2) is 16.6. The van der Waals surface area contributed by atoms with Gasteiger partial charge in [0.1, 0.15) is 0 Å². The van der Waals surface area contributed by atoms with E-state index >= 15 is 0 Å². The van der Waals surface area contributed by atoms with Crippen molar-refractivity contribution in [1.29, 1.82) is 0 Å². The second-order valence-corrected chi connectivity index (χ2v) is 17.9. The van der Waals surface area contributed by atoms with Crippen molar-refractivity contribution in [2.24, 2.45) is 0 Å². The van der Waals surface area contributed by atoms with Crippen LogP contribution < -0.4 is 19.8 Å². The van der Waals surface area contributed by atoms with Crippen molar-refractivity contribution < 1.29 is 24.1 Å². The van der Waals surface area contributed by atoms with Crippen LogP contribution in [0.1, 0.15) is 0 Å². The average molecular weight is 1050 g/mol. The number of para-hydroxylation sites is 5. The summed E-state index contributed by atoms with van der Waals surface area (Å²) in [5, 5.41) is 0. The fourth-order valence-corrected chi connectivity index (χ4v) is 11.1. The van der Waals surface area contributed by atoms with Crippen LogP contribution >= 0.6 is 0 Å². The van der Waals surface area contributed by atoms with Crippen LogP contribution in [0.15, 0.2) is 231 Å². The molecule has 8 heteroatoms. The molecule has 4 heterocycles. The van der Waals surface area contributed by atoms with Crippen molar-refractivity contribution in [1.82, 2.24) is 14.1 Å². The molecule has 0 saturated heterocycles. The molecule has 324 valence electrons. The van der Waals surface area contributed by atoms with E-state index in [1.54, 1.807) is 0 Å².